The van der Waals surface area contributed by atoms with Gasteiger partial charge in [0.25, 0.3) is 0 Å². The molecule has 1 aliphatic rings. The fourth-order valence-electron chi connectivity index (χ4n) is 2.50. The Kier molecular flexibility index (Phi) is 4.26. The van der Waals surface area contributed by atoms with Crippen molar-refractivity contribution in [3.63, 3.8) is 0 Å². The summed E-state index contributed by atoms with van der Waals surface area (Å²) < 4.78 is 5.28. The third kappa shape index (κ3) is 3.43. The molecule has 0 amide bonds. The van der Waals surface area contributed by atoms with Crippen molar-refractivity contribution in [1.29, 1.82) is 0 Å². The quantitative estimate of drug-likeness (QED) is 0.642. The third-order valence-electron chi connectivity index (χ3n) is 3.50. The summed E-state index contributed by atoms with van der Waals surface area (Å²) in [7, 11) is 0. The fraction of sp³-hybridized carbons (Fsp3) is 0.375. The highest BCUT2D eigenvalue weighted by atomic mass is 32.2. The first kappa shape index (κ1) is 12.8. The summed E-state index contributed by atoms with van der Waals surface area (Å²) in [6.07, 6.45) is 5.58. The fourth-order valence-corrected chi connectivity index (χ4v) is 3.38. The Hall–Kier alpha value is -1.19. The highest BCUT2D eigenvalue weighted by molar-refractivity contribution is 7.99. The van der Waals surface area contributed by atoms with Crippen LogP contribution in [0.3, 0.4) is 0 Å². The molecule has 0 unspecified atom stereocenters. The van der Waals surface area contributed by atoms with Crippen molar-refractivity contribution in [3.05, 3.63) is 53.5 Å². The minimum Gasteiger partial charge on any atom is -0.468 e. The molecule has 19 heavy (non-hydrogen) atoms. The van der Waals surface area contributed by atoms with E-state index in [1.807, 2.05) is 23.9 Å². The molecule has 0 fully saturated rings. The second-order valence-corrected chi connectivity index (χ2v) is 6.06. The molecule has 0 radical (unpaired) electrons. The zero-order chi connectivity index (χ0) is 12.9. The van der Waals surface area contributed by atoms with Gasteiger partial charge in [0.05, 0.1) is 12.8 Å². The normalized spacial score (nSPS) is 13.7. The molecule has 1 N–H and O–H groups in total. The van der Waals surface area contributed by atoms with Crippen LogP contribution in [0.25, 0.3) is 0 Å². The zero-order valence-electron chi connectivity index (χ0n) is 11.0. The molecule has 100 valence electrons. The predicted octanol–water partition coefficient (Wildman–Crippen LogP) is 3.65. The van der Waals surface area contributed by atoms with E-state index in [9.17, 15) is 0 Å². The van der Waals surface area contributed by atoms with Gasteiger partial charge in [0, 0.05) is 17.2 Å². The average Bonchev–Trinajstić information content (AvgIpc) is 3.08. The molecular weight excluding hydrogens is 254 g/mol. The Morgan fingerprint density at radius 3 is 3.00 bits per heavy atom. The monoisotopic (exact) mass is 273 g/mol. The summed E-state index contributed by atoms with van der Waals surface area (Å²) in [6, 6.07) is 10.9. The second-order valence-electron chi connectivity index (χ2n) is 4.89. The molecule has 1 aliphatic carbocycles. The Balaban J connectivity index is 1.40. The molecule has 0 atom stereocenters. The van der Waals surface area contributed by atoms with Gasteiger partial charge in [-0.3, -0.25) is 0 Å². The highest BCUT2D eigenvalue weighted by Gasteiger charge is 2.10. The van der Waals surface area contributed by atoms with Crippen molar-refractivity contribution in [2.75, 3.05) is 12.3 Å². The van der Waals surface area contributed by atoms with E-state index in [1.165, 1.54) is 24.2 Å². The van der Waals surface area contributed by atoms with Crippen molar-refractivity contribution in [1.82, 2.24) is 5.32 Å². The van der Waals surface area contributed by atoms with Crippen molar-refractivity contribution < 1.29 is 4.42 Å². The summed E-state index contributed by atoms with van der Waals surface area (Å²) in [5.74, 6) is 2.10. The third-order valence-corrected chi connectivity index (χ3v) is 4.49. The SMILES string of the molecule is c1coc(CNCCSc2ccc3c(c2)CCC3)c1. The lowest BCUT2D eigenvalue weighted by Gasteiger charge is -2.05. The molecule has 3 rings (SSSR count). The van der Waals surface area contributed by atoms with Crippen LogP contribution in [0.5, 0.6) is 0 Å². The topological polar surface area (TPSA) is 25.2 Å². The van der Waals surface area contributed by atoms with E-state index in [4.69, 9.17) is 4.42 Å². The number of hydrogen-bond donors (Lipinski definition) is 1. The Bertz CT molecular complexity index is 522. The zero-order valence-corrected chi connectivity index (χ0v) is 11.8. The molecule has 2 nitrogen and oxygen atoms in total. The summed E-state index contributed by atoms with van der Waals surface area (Å²) in [5.41, 5.74) is 3.12. The molecule has 0 bridgehead atoms. The van der Waals surface area contributed by atoms with Gasteiger partial charge in [-0.05, 0) is 54.7 Å². The van der Waals surface area contributed by atoms with Gasteiger partial charge < -0.3 is 9.73 Å². The average molecular weight is 273 g/mol. The van der Waals surface area contributed by atoms with Crippen molar-refractivity contribution >= 4 is 11.8 Å². The molecule has 0 saturated heterocycles. The highest BCUT2D eigenvalue weighted by Crippen LogP contribution is 2.27. The summed E-state index contributed by atoms with van der Waals surface area (Å²) >= 11 is 1.93. The van der Waals surface area contributed by atoms with Gasteiger partial charge in [0.1, 0.15) is 5.76 Å². The number of rotatable bonds is 6. The lowest BCUT2D eigenvalue weighted by atomic mass is 10.1. The Labute approximate surface area is 118 Å². The van der Waals surface area contributed by atoms with Crippen LogP contribution in [0.15, 0.2) is 45.9 Å². The molecule has 0 saturated carbocycles. The molecular formula is C16H19NOS. The largest absolute Gasteiger partial charge is 0.468 e. The standard InChI is InChI=1S/C16H19NOS/c1-3-13-6-7-16(11-14(13)4-1)19-10-8-17-12-15-5-2-9-18-15/h2,5-7,9,11,17H,1,3-4,8,10,12H2. The number of nitrogens with one attached hydrogen (secondary N) is 1. The van der Waals surface area contributed by atoms with Crippen molar-refractivity contribution in [2.45, 2.75) is 30.7 Å². The van der Waals surface area contributed by atoms with E-state index in [2.05, 4.69) is 23.5 Å². The van der Waals surface area contributed by atoms with Crippen molar-refractivity contribution in [2.24, 2.45) is 0 Å². The van der Waals surface area contributed by atoms with E-state index in [0.29, 0.717) is 0 Å². The lowest BCUT2D eigenvalue weighted by molar-refractivity contribution is 0.488. The number of fused-ring (bicyclic) bond motifs is 1. The Morgan fingerprint density at radius 2 is 2.11 bits per heavy atom. The smallest absolute Gasteiger partial charge is 0.117 e. The van der Waals surface area contributed by atoms with E-state index in [0.717, 1.165) is 24.6 Å². The van der Waals surface area contributed by atoms with Crippen LogP contribution in [-0.4, -0.2) is 12.3 Å². The molecule has 1 heterocycles. The minimum absolute atomic E-state index is 0.817. The first-order valence-electron chi connectivity index (χ1n) is 6.89. The van der Waals surface area contributed by atoms with Crippen LogP contribution in [0, 0.1) is 0 Å². The molecule has 0 spiro atoms. The van der Waals surface area contributed by atoms with Crippen LogP contribution in [0.2, 0.25) is 0 Å². The number of furan rings is 1. The van der Waals surface area contributed by atoms with Gasteiger partial charge in [-0.15, -0.1) is 11.8 Å². The van der Waals surface area contributed by atoms with Crippen LogP contribution in [0.4, 0.5) is 0 Å². The molecule has 2 aromatic rings. The van der Waals surface area contributed by atoms with Gasteiger partial charge in [-0.2, -0.15) is 0 Å². The van der Waals surface area contributed by atoms with E-state index in [-0.39, 0.29) is 0 Å². The minimum atomic E-state index is 0.817. The van der Waals surface area contributed by atoms with E-state index in [1.54, 1.807) is 17.4 Å². The number of benzene rings is 1. The first-order chi connectivity index (χ1) is 9.42. The van der Waals surface area contributed by atoms with E-state index >= 15 is 0 Å². The first-order valence-corrected chi connectivity index (χ1v) is 7.88. The Morgan fingerprint density at radius 1 is 1.16 bits per heavy atom. The van der Waals surface area contributed by atoms with Crippen LogP contribution in [-0.2, 0) is 19.4 Å². The maximum absolute atomic E-state index is 5.28. The predicted molar refractivity (Wildman–Crippen MR) is 79.6 cm³/mol. The number of hydrogen-bond acceptors (Lipinski definition) is 3. The van der Waals surface area contributed by atoms with E-state index < -0.39 is 0 Å². The second kappa shape index (κ2) is 6.31. The number of aryl methyl sites for hydroxylation is 2. The van der Waals surface area contributed by atoms with Crippen molar-refractivity contribution in [3.8, 4) is 0 Å². The molecule has 1 aromatic heterocycles. The summed E-state index contributed by atoms with van der Waals surface area (Å²) in [6.45, 7) is 1.82. The van der Waals surface area contributed by atoms with Gasteiger partial charge in [0.15, 0.2) is 0 Å². The summed E-state index contributed by atoms with van der Waals surface area (Å²) in [5, 5.41) is 3.40. The molecule has 0 aliphatic heterocycles. The van der Waals surface area contributed by atoms with Crippen LogP contribution in [0.1, 0.15) is 23.3 Å². The maximum Gasteiger partial charge on any atom is 0.117 e. The molecule has 3 heteroatoms. The van der Waals surface area contributed by atoms with Gasteiger partial charge in [-0.25, -0.2) is 0 Å². The lowest BCUT2D eigenvalue weighted by Crippen LogP contribution is -2.15. The van der Waals surface area contributed by atoms with Gasteiger partial charge in [0.2, 0.25) is 0 Å². The van der Waals surface area contributed by atoms with Crippen LogP contribution < -0.4 is 5.32 Å². The van der Waals surface area contributed by atoms with Gasteiger partial charge in [-0.1, -0.05) is 6.07 Å². The molecule has 1 aromatic carbocycles. The summed E-state index contributed by atoms with van der Waals surface area (Å²) in [4.78, 5) is 1.40. The maximum atomic E-state index is 5.28. The van der Waals surface area contributed by atoms with Gasteiger partial charge >= 0.3 is 0 Å². The number of thioether (sulfide) groups is 1. The van der Waals surface area contributed by atoms with Crippen LogP contribution >= 0.6 is 11.8 Å².